The largest absolute Gasteiger partial charge is 0.444 e. The Morgan fingerprint density at radius 2 is 1.94 bits per heavy atom. The number of ether oxygens (including phenoxy) is 1. The summed E-state index contributed by atoms with van der Waals surface area (Å²) in [6.45, 7) is 8.76. The molecule has 1 aliphatic rings. The van der Waals surface area contributed by atoms with Gasteiger partial charge in [-0.25, -0.2) is 4.79 Å². The van der Waals surface area contributed by atoms with Gasteiger partial charge in [0.25, 0.3) is 0 Å². The second kappa shape index (κ2) is 6.38. The van der Waals surface area contributed by atoms with Crippen molar-refractivity contribution in [2.45, 2.75) is 45.3 Å². The Bertz CT molecular complexity index is 268. The van der Waals surface area contributed by atoms with Crippen LogP contribution in [-0.4, -0.2) is 60.8 Å². The molecule has 0 aromatic heterocycles. The number of carbonyl (C=O) groups excluding carboxylic acids is 1. The zero-order valence-electron chi connectivity index (χ0n) is 12.1. The van der Waals surface area contributed by atoms with E-state index in [-0.39, 0.29) is 12.1 Å². The second-order valence-electron chi connectivity index (χ2n) is 6.00. The van der Waals surface area contributed by atoms with E-state index in [1.54, 1.807) is 4.90 Å². The molecule has 1 amide bonds. The van der Waals surface area contributed by atoms with Crippen LogP contribution >= 0.6 is 0 Å². The van der Waals surface area contributed by atoms with Crippen LogP contribution in [0.3, 0.4) is 0 Å². The standard InChI is InChI=1S/C13H27N3O2/c1-13(2,3)18-12(17)16(10-7-14)11-5-8-15(4)9-6-11/h11H,5-10,14H2,1-4H3. The summed E-state index contributed by atoms with van der Waals surface area (Å²) in [4.78, 5) is 16.3. The fourth-order valence-electron chi connectivity index (χ4n) is 2.19. The van der Waals surface area contributed by atoms with Crippen molar-refractivity contribution < 1.29 is 9.53 Å². The lowest BCUT2D eigenvalue weighted by atomic mass is 10.0. The Hall–Kier alpha value is -0.810. The van der Waals surface area contributed by atoms with Crippen LogP contribution in [0.1, 0.15) is 33.6 Å². The molecule has 0 aromatic rings. The molecule has 1 saturated heterocycles. The van der Waals surface area contributed by atoms with Crippen molar-refractivity contribution in [2.24, 2.45) is 5.73 Å². The summed E-state index contributed by atoms with van der Waals surface area (Å²) in [5.74, 6) is 0. The monoisotopic (exact) mass is 257 g/mol. The van der Waals surface area contributed by atoms with Crippen molar-refractivity contribution in [1.82, 2.24) is 9.80 Å². The second-order valence-corrected chi connectivity index (χ2v) is 6.00. The summed E-state index contributed by atoms with van der Waals surface area (Å²) < 4.78 is 5.45. The first-order chi connectivity index (χ1) is 8.33. The van der Waals surface area contributed by atoms with E-state index in [4.69, 9.17) is 10.5 Å². The molecule has 18 heavy (non-hydrogen) atoms. The Kier molecular flexibility index (Phi) is 5.41. The molecule has 0 bridgehead atoms. The zero-order valence-corrected chi connectivity index (χ0v) is 12.1. The van der Waals surface area contributed by atoms with Gasteiger partial charge in [0.15, 0.2) is 0 Å². The molecule has 1 heterocycles. The van der Waals surface area contributed by atoms with Gasteiger partial charge >= 0.3 is 6.09 Å². The van der Waals surface area contributed by atoms with Gasteiger partial charge in [-0.05, 0) is 53.8 Å². The van der Waals surface area contributed by atoms with E-state index in [0.717, 1.165) is 25.9 Å². The average Bonchev–Trinajstić information content (AvgIpc) is 2.25. The summed E-state index contributed by atoms with van der Waals surface area (Å²) in [7, 11) is 2.11. The lowest BCUT2D eigenvalue weighted by Gasteiger charge is -2.37. The highest BCUT2D eigenvalue weighted by atomic mass is 16.6. The predicted octanol–water partition coefficient (Wildman–Crippen LogP) is 1.28. The van der Waals surface area contributed by atoms with Gasteiger partial charge in [0.1, 0.15) is 5.60 Å². The number of likely N-dealkylation sites (tertiary alicyclic amines) is 1. The van der Waals surface area contributed by atoms with E-state index in [0.29, 0.717) is 13.1 Å². The molecule has 1 fully saturated rings. The maximum absolute atomic E-state index is 12.2. The number of hydrogen-bond donors (Lipinski definition) is 1. The van der Waals surface area contributed by atoms with Crippen LogP contribution in [-0.2, 0) is 4.74 Å². The van der Waals surface area contributed by atoms with Gasteiger partial charge in [0.05, 0.1) is 0 Å². The molecular weight excluding hydrogens is 230 g/mol. The van der Waals surface area contributed by atoms with E-state index >= 15 is 0 Å². The lowest BCUT2D eigenvalue weighted by Crippen LogP contribution is -2.49. The third-order valence-electron chi connectivity index (χ3n) is 3.13. The average molecular weight is 257 g/mol. The maximum atomic E-state index is 12.2. The predicted molar refractivity (Wildman–Crippen MR) is 72.5 cm³/mol. The molecule has 1 rings (SSSR count). The first-order valence-corrected chi connectivity index (χ1v) is 6.71. The van der Waals surface area contributed by atoms with E-state index in [2.05, 4.69) is 11.9 Å². The summed E-state index contributed by atoms with van der Waals surface area (Å²) in [6, 6.07) is 0.264. The van der Waals surface area contributed by atoms with Crippen molar-refractivity contribution in [1.29, 1.82) is 0 Å². The summed E-state index contributed by atoms with van der Waals surface area (Å²) in [5, 5.41) is 0. The minimum Gasteiger partial charge on any atom is -0.444 e. The molecule has 2 N–H and O–H groups in total. The molecular formula is C13H27N3O2. The minimum absolute atomic E-state index is 0.234. The van der Waals surface area contributed by atoms with Gasteiger partial charge in [-0.3, -0.25) is 0 Å². The first kappa shape index (κ1) is 15.2. The number of nitrogens with two attached hydrogens (primary N) is 1. The molecule has 5 heteroatoms. The van der Waals surface area contributed by atoms with Crippen LogP contribution in [0.5, 0.6) is 0 Å². The Morgan fingerprint density at radius 3 is 2.39 bits per heavy atom. The third-order valence-corrected chi connectivity index (χ3v) is 3.13. The lowest BCUT2D eigenvalue weighted by molar-refractivity contribution is 0.0101. The minimum atomic E-state index is -0.449. The van der Waals surface area contributed by atoms with E-state index in [9.17, 15) is 4.79 Å². The number of rotatable bonds is 3. The van der Waals surface area contributed by atoms with Crippen molar-refractivity contribution in [3.05, 3.63) is 0 Å². The van der Waals surface area contributed by atoms with Crippen molar-refractivity contribution in [3.63, 3.8) is 0 Å². The van der Waals surface area contributed by atoms with E-state index < -0.39 is 5.60 Å². The number of amides is 1. The Balaban J connectivity index is 2.61. The first-order valence-electron chi connectivity index (χ1n) is 6.71. The van der Waals surface area contributed by atoms with Gasteiger partial charge in [-0.2, -0.15) is 0 Å². The molecule has 0 saturated carbocycles. The highest BCUT2D eigenvalue weighted by molar-refractivity contribution is 5.68. The summed E-state index contributed by atoms with van der Waals surface area (Å²) in [6.07, 6.45) is 1.76. The van der Waals surface area contributed by atoms with Crippen LogP contribution in [0.4, 0.5) is 4.79 Å². The number of piperidine rings is 1. The van der Waals surface area contributed by atoms with Crippen LogP contribution in [0.15, 0.2) is 0 Å². The van der Waals surface area contributed by atoms with Gasteiger partial charge in [-0.15, -0.1) is 0 Å². The Morgan fingerprint density at radius 1 is 1.39 bits per heavy atom. The quantitative estimate of drug-likeness (QED) is 0.827. The highest BCUT2D eigenvalue weighted by Gasteiger charge is 2.29. The van der Waals surface area contributed by atoms with Crippen molar-refractivity contribution in [3.8, 4) is 0 Å². The molecule has 1 aliphatic heterocycles. The summed E-state index contributed by atoms with van der Waals surface area (Å²) in [5.41, 5.74) is 5.16. The number of hydrogen-bond acceptors (Lipinski definition) is 4. The molecule has 0 aromatic carbocycles. The van der Waals surface area contributed by atoms with Crippen LogP contribution < -0.4 is 5.73 Å². The van der Waals surface area contributed by atoms with Gasteiger partial charge in [0.2, 0.25) is 0 Å². The molecule has 0 aliphatic carbocycles. The maximum Gasteiger partial charge on any atom is 0.410 e. The van der Waals surface area contributed by atoms with Crippen LogP contribution in [0.2, 0.25) is 0 Å². The molecule has 106 valence electrons. The fraction of sp³-hybridized carbons (Fsp3) is 0.923. The van der Waals surface area contributed by atoms with Crippen LogP contribution in [0, 0.1) is 0 Å². The molecule has 0 radical (unpaired) electrons. The smallest absolute Gasteiger partial charge is 0.410 e. The molecule has 5 nitrogen and oxygen atoms in total. The number of carbonyl (C=O) groups is 1. The number of nitrogens with zero attached hydrogens (tertiary/aromatic N) is 2. The Labute approximate surface area is 110 Å². The third kappa shape index (κ3) is 4.82. The normalized spacial score (nSPS) is 18.7. The highest BCUT2D eigenvalue weighted by Crippen LogP contribution is 2.18. The van der Waals surface area contributed by atoms with Crippen molar-refractivity contribution >= 4 is 6.09 Å². The summed E-state index contributed by atoms with van der Waals surface area (Å²) >= 11 is 0. The van der Waals surface area contributed by atoms with E-state index in [1.165, 1.54) is 0 Å². The SMILES string of the molecule is CN1CCC(N(CCN)C(=O)OC(C)(C)C)CC1. The molecule has 0 unspecified atom stereocenters. The van der Waals surface area contributed by atoms with E-state index in [1.807, 2.05) is 20.8 Å². The molecule has 0 spiro atoms. The fourth-order valence-corrected chi connectivity index (χ4v) is 2.19. The van der Waals surface area contributed by atoms with Crippen molar-refractivity contribution in [2.75, 3.05) is 33.2 Å². The zero-order chi connectivity index (χ0) is 13.8. The van der Waals surface area contributed by atoms with Gasteiger partial charge in [0, 0.05) is 19.1 Å². The van der Waals surface area contributed by atoms with Gasteiger partial charge < -0.3 is 20.3 Å². The van der Waals surface area contributed by atoms with Gasteiger partial charge in [-0.1, -0.05) is 0 Å². The topological polar surface area (TPSA) is 58.8 Å². The van der Waals surface area contributed by atoms with Crippen LogP contribution in [0.25, 0.3) is 0 Å². The molecule has 0 atom stereocenters.